The maximum atomic E-state index is 9.39. The molecule has 0 radical (unpaired) electrons. The fourth-order valence-electron chi connectivity index (χ4n) is 12.3. The molecule has 0 saturated heterocycles. The van der Waals surface area contributed by atoms with Crippen molar-refractivity contribution >= 4 is 99.3 Å². The highest BCUT2D eigenvalue weighted by molar-refractivity contribution is 7.00. The molecule has 9 aromatic carbocycles. The summed E-state index contributed by atoms with van der Waals surface area (Å²) in [7, 11) is 0. The van der Waals surface area contributed by atoms with Gasteiger partial charge in [0.2, 0.25) is 0 Å². The second-order valence-electron chi connectivity index (χ2n) is 18.4. The van der Waals surface area contributed by atoms with Gasteiger partial charge in [-0.3, -0.25) is 0 Å². The van der Waals surface area contributed by atoms with Crippen LogP contribution in [-0.2, 0) is 0 Å². The molecular formula is C58H40BN3. The molecule has 0 saturated carbocycles. The molecule has 0 N–H and O–H groups in total. The van der Waals surface area contributed by atoms with Gasteiger partial charge in [0.1, 0.15) is 0 Å². The zero-order valence-electron chi connectivity index (χ0n) is 36.9. The lowest BCUT2D eigenvalue weighted by Crippen LogP contribution is -2.59. The topological polar surface area (TPSA) is 14.8 Å². The lowest BCUT2D eigenvalue weighted by molar-refractivity contribution is 0.868. The smallest absolute Gasteiger partial charge is 0.252 e. The normalized spacial score (nSPS) is 14.2. The second-order valence-corrected chi connectivity index (χ2v) is 18.4. The van der Waals surface area contributed by atoms with Crippen LogP contribution in [-0.4, -0.2) is 20.4 Å². The molecule has 0 spiro atoms. The van der Waals surface area contributed by atoms with Crippen LogP contribution in [0.25, 0.3) is 116 Å². The third kappa shape index (κ3) is 3.87. The van der Waals surface area contributed by atoms with Crippen molar-refractivity contribution < 1.29 is 2.74 Å². The summed E-state index contributed by atoms with van der Waals surface area (Å²) in [5.74, 6) is -1.54. The number of nitrogens with zero attached hydrogens (tertiary/aromatic N) is 3. The molecule has 0 bridgehead atoms. The van der Waals surface area contributed by atoms with E-state index in [2.05, 4.69) is 171 Å². The number of benzene rings is 9. The fourth-order valence-corrected chi connectivity index (χ4v) is 12.3. The van der Waals surface area contributed by atoms with Crippen molar-refractivity contribution in [3.05, 3.63) is 169 Å². The summed E-state index contributed by atoms with van der Waals surface area (Å²) in [6.07, 6.45) is 0. The zero-order chi connectivity index (χ0) is 42.7. The molecule has 62 heavy (non-hydrogen) atoms. The van der Waals surface area contributed by atoms with E-state index in [1.54, 1.807) is 0 Å². The largest absolute Gasteiger partial charge is 0.310 e. The molecule has 4 heteroatoms. The van der Waals surface area contributed by atoms with Gasteiger partial charge in [-0.2, -0.15) is 0 Å². The van der Waals surface area contributed by atoms with Gasteiger partial charge in [0.25, 0.3) is 6.71 Å². The van der Waals surface area contributed by atoms with Crippen molar-refractivity contribution in [1.82, 2.24) is 13.7 Å². The summed E-state index contributed by atoms with van der Waals surface area (Å²) in [4.78, 5) is 0. The van der Waals surface area contributed by atoms with Crippen molar-refractivity contribution in [1.29, 1.82) is 0 Å². The first-order chi connectivity index (χ1) is 31.0. The van der Waals surface area contributed by atoms with E-state index < -0.39 is 11.8 Å². The van der Waals surface area contributed by atoms with Crippen LogP contribution >= 0.6 is 0 Å². The quantitative estimate of drug-likeness (QED) is 0.158. The van der Waals surface area contributed by atoms with E-state index in [9.17, 15) is 1.37 Å². The predicted octanol–water partition coefficient (Wildman–Crippen LogP) is 13.2. The van der Waals surface area contributed by atoms with Gasteiger partial charge >= 0.3 is 0 Å². The van der Waals surface area contributed by atoms with Gasteiger partial charge in [0.05, 0.1) is 27.8 Å². The van der Waals surface area contributed by atoms with Crippen LogP contribution in [0.5, 0.6) is 0 Å². The van der Waals surface area contributed by atoms with Crippen molar-refractivity contribution in [3.8, 4) is 39.3 Å². The van der Waals surface area contributed by atoms with Gasteiger partial charge in [-0.05, 0) is 121 Å². The minimum Gasteiger partial charge on any atom is -0.310 e. The molecule has 290 valence electrons. The maximum Gasteiger partial charge on any atom is 0.252 e. The lowest BCUT2D eigenvalue weighted by atomic mass is 9.34. The van der Waals surface area contributed by atoms with E-state index in [4.69, 9.17) is 1.37 Å². The Bertz CT molecular complexity index is 4170. The Balaban J connectivity index is 1.16. The van der Waals surface area contributed by atoms with E-state index in [0.717, 1.165) is 22.3 Å². The van der Waals surface area contributed by atoms with Crippen LogP contribution in [0.3, 0.4) is 0 Å². The Morgan fingerprint density at radius 1 is 0.419 bits per heavy atom. The van der Waals surface area contributed by atoms with E-state index >= 15 is 0 Å². The van der Waals surface area contributed by atoms with Crippen LogP contribution < -0.4 is 16.4 Å². The number of aromatic nitrogens is 3. The van der Waals surface area contributed by atoms with E-state index in [1.807, 2.05) is 27.7 Å². The number of fused-ring (bicyclic) bond motifs is 13. The average molecular weight is 792 g/mol. The Hall–Kier alpha value is -7.30. The highest BCUT2D eigenvalue weighted by Crippen LogP contribution is 2.50. The Morgan fingerprint density at radius 3 is 1.81 bits per heavy atom. The number of hydrogen-bond donors (Lipinski definition) is 0. The molecule has 0 fully saturated rings. The van der Waals surface area contributed by atoms with Gasteiger partial charge in [0.15, 0.2) is 0 Å². The summed E-state index contributed by atoms with van der Waals surface area (Å²) < 4.78 is 26.1. The zero-order valence-corrected chi connectivity index (χ0v) is 34.9. The maximum absolute atomic E-state index is 9.39. The summed E-state index contributed by atoms with van der Waals surface area (Å²) >= 11 is 0. The van der Waals surface area contributed by atoms with E-state index in [-0.39, 0.29) is 6.71 Å². The first-order valence-electron chi connectivity index (χ1n) is 23.0. The van der Waals surface area contributed by atoms with Gasteiger partial charge in [-0.15, -0.1) is 0 Å². The Morgan fingerprint density at radius 2 is 1.02 bits per heavy atom. The third-order valence-corrected chi connectivity index (χ3v) is 14.8. The SMILES string of the molecule is [2H]C(C)(C)c1ccc2c(c1)c1cccc3c1n2-c1cc(-n2c4cccc5c4c4c6c(cccc6ccc42)-c2ccccc2-5)cc2c1B3c1cc(C([2H])(C)C)cc3c4ccccc4n-2c13. The summed E-state index contributed by atoms with van der Waals surface area (Å²) in [6, 6.07) is 59.2. The summed E-state index contributed by atoms with van der Waals surface area (Å²) in [5.41, 5.74) is 21.6. The third-order valence-electron chi connectivity index (χ3n) is 14.8. The Labute approximate surface area is 361 Å². The molecule has 3 aliphatic rings. The average Bonchev–Trinajstić information content (AvgIpc) is 3.92. The fraction of sp³-hybridized carbons (Fsp3) is 0.103. The molecular weight excluding hydrogens is 749 g/mol. The summed E-state index contributed by atoms with van der Waals surface area (Å²) in [6.45, 7) is 7.93. The predicted molar refractivity (Wildman–Crippen MR) is 264 cm³/mol. The van der Waals surface area contributed by atoms with Crippen molar-refractivity contribution in [2.75, 3.05) is 0 Å². The van der Waals surface area contributed by atoms with Crippen molar-refractivity contribution in [2.45, 2.75) is 39.5 Å². The molecule has 5 heterocycles. The molecule has 0 atom stereocenters. The van der Waals surface area contributed by atoms with Crippen molar-refractivity contribution in [2.24, 2.45) is 0 Å². The first-order valence-corrected chi connectivity index (χ1v) is 22.0. The monoisotopic (exact) mass is 791 g/mol. The lowest BCUT2D eigenvalue weighted by Gasteiger charge is -2.34. The van der Waals surface area contributed by atoms with Crippen molar-refractivity contribution in [3.63, 3.8) is 0 Å². The molecule has 15 rings (SSSR count). The van der Waals surface area contributed by atoms with Gasteiger partial charge in [0, 0.05) is 57.5 Å². The minimum absolute atomic E-state index is 0.0633. The van der Waals surface area contributed by atoms with E-state index in [0.29, 0.717) is 0 Å². The minimum atomic E-state index is -0.793. The van der Waals surface area contributed by atoms with Gasteiger partial charge in [-0.25, -0.2) is 0 Å². The standard InChI is InChI=1S/C58H40BN3/c1-31(2)34-23-24-48-43(26-34)42-18-10-19-45-57(42)62(48)52-30-36(29-51-56(52)59(45)46-28-35(32(3)4)27-44-39-15-7-8-20-47(39)61(51)58(44)46)60-49-21-11-17-41-38-14-6-5-13-37(38)40-16-9-12-33-22-25-50(60)55(53(33)40)54(41)49/h5-32H,1-4H3/i31D,32D. The van der Waals surface area contributed by atoms with Crippen LogP contribution in [0, 0.1) is 0 Å². The van der Waals surface area contributed by atoms with Gasteiger partial charge in [-0.1, -0.05) is 137 Å². The number of hydrogen-bond acceptors (Lipinski definition) is 0. The van der Waals surface area contributed by atoms with Crippen LogP contribution in [0.2, 0.25) is 0 Å². The summed E-state index contributed by atoms with van der Waals surface area (Å²) in [5, 5.41) is 9.93. The molecule has 3 aromatic heterocycles. The second kappa shape index (κ2) is 11.3. The number of rotatable bonds is 3. The van der Waals surface area contributed by atoms with Gasteiger partial charge < -0.3 is 13.7 Å². The highest BCUT2D eigenvalue weighted by Gasteiger charge is 2.42. The molecule has 2 aliphatic heterocycles. The van der Waals surface area contributed by atoms with Crippen LogP contribution in [0.4, 0.5) is 0 Å². The molecule has 3 nitrogen and oxygen atoms in total. The molecule has 12 aromatic rings. The Kier molecular flexibility index (Phi) is 5.77. The van der Waals surface area contributed by atoms with Crippen LogP contribution in [0.15, 0.2) is 158 Å². The molecule has 0 unspecified atom stereocenters. The first kappa shape index (κ1) is 31.6. The molecule has 0 amide bonds. The molecule has 1 aliphatic carbocycles. The number of para-hydroxylation sites is 2. The van der Waals surface area contributed by atoms with E-state index in [1.165, 1.54) is 121 Å². The highest BCUT2D eigenvalue weighted by atomic mass is 15.1. The van der Waals surface area contributed by atoms with Crippen LogP contribution in [0.1, 0.15) is 53.4 Å².